The summed E-state index contributed by atoms with van der Waals surface area (Å²) in [5.41, 5.74) is 9.31. The minimum Gasteiger partial charge on any atom is -0.330 e. The van der Waals surface area contributed by atoms with Gasteiger partial charge in [-0.05, 0) is 38.6 Å². The van der Waals surface area contributed by atoms with Crippen LogP contribution in [-0.2, 0) is 13.0 Å². The summed E-state index contributed by atoms with van der Waals surface area (Å²) >= 11 is 1.85. The minimum atomic E-state index is 0.704. The number of thioether (sulfide) groups is 1. The average molecular weight is 213 g/mol. The van der Waals surface area contributed by atoms with Crippen molar-refractivity contribution in [3.8, 4) is 0 Å². The van der Waals surface area contributed by atoms with Gasteiger partial charge in [-0.2, -0.15) is 16.9 Å². The first-order valence-corrected chi connectivity index (χ1v) is 6.32. The van der Waals surface area contributed by atoms with Gasteiger partial charge in [0.2, 0.25) is 0 Å². The van der Waals surface area contributed by atoms with E-state index in [-0.39, 0.29) is 0 Å². The Kier molecular flexibility index (Phi) is 4.48. The maximum Gasteiger partial charge on any atom is 0.0628 e. The van der Waals surface area contributed by atoms with E-state index in [9.17, 15) is 0 Å². The van der Waals surface area contributed by atoms with Gasteiger partial charge in [0.25, 0.3) is 0 Å². The molecule has 0 aliphatic heterocycles. The van der Waals surface area contributed by atoms with Crippen molar-refractivity contribution in [3.63, 3.8) is 0 Å². The Morgan fingerprint density at radius 1 is 1.43 bits per heavy atom. The summed E-state index contributed by atoms with van der Waals surface area (Å²) in [6.07, 6.45) is 3.06. The molecule has 1 rings (SSSR count). The molecule has 0 radical (unpaired) electrons. The second-order valence-corrected chi connectivity index (χ2v) is 4.39. The molecule has 3 nitrogen and oxygen atoms in total. The number of nitrogens with zero attached hydrogens (tertiary/aromatic N) is 2. The Balaban J connectivity index is 2.81. The zero-order valence-corrected chi connectivity index (χ0v) is 10.0. The fraction of sp³-hybridized carbons (Fsp3) is 0.700. The number of rotatable bonds is 5. The largest absolute Gasteiger partial charge is 0.330 e. The van der Waals surface area contributed by atoms with Gasteiger partial charge in [0.1, 0.15) is 0 Å². The van der Waals surface area contributed by atoms with Crippen LogP contribution in [0.1, 0.15) is 17.0 Å². The molecule has 1 heterocycles. The van der Waals surface area contributed by atoms with Crippen molar-refractivity contribution in [2.45, 2.75) is 26.8 Å². The third-order valence-electron chi connectivity index (χ3n) is 2.43. The van der Waals surface area contributed by atoms with E-state index < -0.39 is 0 Å². The first-order chi connectivity index (χ1) is 6.70. The second kappa shape index (κ2) is 5.41. The highest BCUT2D eigenvalue weighted by molar-refractivity contribution is 7.98. The molecular weight excluding hydrogens is 194 g/mol. The molecule has 0 fully saturated rings. The molecule has 0 amide bonds. The van der Waals surface area contributed by atoms with E-state index >= 15 is 0 Å². The highest BCUT2D eigenvalue weighted by Crippen LogP contribution is 2.13. The van der Waals surface area contributed by atoms with Crippen molar-refractivity contribution in [2.75, 3.05) is 18.6 Å². The summed E-state index contributed by atoms with van der Waals surface area (Å²) in [5, 5.41) is 4.51. The zero-order chi connectivity index (χ0) is 10.6. The molecule has 0 atom stereocenters. The van der Waals surface area contributed by atoms with E-state index in [0.29, 0.717) is 6.54 Å². The van der Waals surface area contributed by atoms with E-state index in [1.165, 1.54) is 11.3 Å². The molecule has 14 heavy (non-hydrogen) atoms. The number of nitrogens with two attached hydrogens (primary N) is 1. The third-order valence-corrected chi connectivity index (χ3v) is 3.02. The van der Waals surface area contributed by atoms with Crippen LogP contribution in [0.2, 0.25) is 0 Å². The van der Waals surface area contributed by atoms with Crippen LogP contribution in [0.15, 0.2) is 0 Å². The van der Waals surface area contributed by atoms with Gasteiger partial charge in [-0.3, -0.25) is 4.68 Å². The number of aromatic nitrogens is 2. The van der Waals surface area contributed by atoms with E-state index in [1.54, 1.807) is 0 Å². The lowest BCUT2D eigenvalue weighted by Gasteiger charge is -2.03. The smallest absolute Gasteiger partial charge is 0.0628 e. The molecule has 0 aliphatic carbocycles. The van der Waals surface area contributed by atoms with Crippen molar-refractivity contribution < 1.29 is 0 Å². The van der Waals surface area contributed by atoms with Gasteiger partial charge in [0.05, 0.1) is 12.2 Å². The quantitative estimate of drug-likeness (QED) is 0.803. The molecule has 0 aliphatic rings. The van der Waals surface area contributed by atoms with Crippen molar-refractivity contribution in [2.24, 2.45) is 5.73 Å². The summed E-state index contributed by atoms with van der Waals surface area (Å²) < 4.78 is 2.09. The first-order valence-electron chi connectivity index (χ1n) is 4.92. The molecule has 0 bridgehead atoms. The van der Waals surface area contributed by atoms with Gasteiger partial charge in [0.15, 0.2) is 0 Å². The fourth-order valence-corrected chi connectivity index (χ4v) is 1.99. The van der Waals surface area contributed by atoms with E-state index in [1.807, 2.05) is 11.8 Å². The van der Waals surface area contributed by atoms with Gasteiger partial charge < -0.3 is 5.73 Å². The second-order valence-electron chi connectivity index (χ2n) is 3.40. The lowest BCUT2D eigenvalue weighted by atomic mass is 10.1. The van der Waals surface area contributed by atoms with Crippen LogP contribution >= 0.6 is 11.8 Å². The van der Waals surface area contributed by atoms with Gasteiger partial charge >= 0.3 is 0 Å². The monoisotopic (exact) mass is 213 g/mol. The highest BCUT2D eigenvalue weighted by atomic mass is 32.2. The van der Waals surface area contributed by atoms with Crippen LogP contribution in [0.5, 0.6) is 0 Å². The average Bonchev–Trinajstić information content (AvgIpc) is 2.43. The molecule has 0 saturated carbocycles. The van der Waals surface area contributed by atoms with Crippen molar-refractivity contribution in [1.82, 2.24) is 9.78 Å². The molecule has 0 saturated heterocycles. The van der Waals surface area contributed by atoms with Crippen LogP contribution in [-0.4, -0.2) is 28.3 Å². The third kappa shape index (κ3) is 2.51. The predicted molar refractivity (Wildman–Crippen MR) is 62.8 cm³/mol. The summed E-state index contributed by atoms with van der Waals surface area (Å²) in [4.78, 5) is 0. The standard InChI is InChI=1S/C10H19N3S/c1-8-10(4-5-11)9(2)13(12-8)6-7-14-3/h4-7,11H2,1-3H3. The van der Waals surface area contributed by atoms with Crippen molar-refractivity contribution in [1.29, 1.82) is 0 Å². The van der Waals surface area contributed by atoms with E-state index in [0.717, 1.165) is 24.4 Å². The fourth-order valence-electron chi connectivity index (χ4n) is 1.64. The first kappa shape index (κ1) is 11.6. The Bertz CT molecular complexity index is 294. The predicted octanol–water partition coefficient (Wildman–Crippen LogP) is 1.36. The maximum absolute atomic E-state index is 5.57. The molecule has 0 aromatic carbocycles. The maximum atomic E-state index is 5.57. The Labute approximate surface area is 90.1 Å². The van der Waals surface area contributed by atoms with Gasteiger partial charge in [-0.15, -0.1) is 0 Å². The van der Waals surface area contributed by atoms with E-state index in [4.69, 9.17) is 5.73 Å². The summed E-state index contributed by atoms with van der Waals surface area (Å²) in [5.74, 6) is 1.12. The van der Waals surface area contributed by atoms with Crippen LogP contribution in [0.3, 0.4) is 0 Å². The summed E-state index contributed by atoms with van der Waals surface area (Å²) in [6, 6.07) is 0. The lowest BCUT2D eigenvalue weighted by Crippen LogP contribution is -2.07. The van der Waals surface area contributed by atoms with Crippen LogP contribution in [0.25, 0.3) is 0 Å². The van der Waals surface area contributed by atoms with Crippen LogP contribution in [0.4, 0.5) is 0 Å². The lowest BCUT2D eigenvalue weighted by molar-refractivity contribution is 0.639. The molecule has 1 aromatic heterocycles. The Hall–Kier alpha value is -0.480. The summed E-state index contributed by atoms with van der Waals surface area (Å²) in [6.45, 7) is 5.90. The topological polar surface area (TPSA) is 43.8 Å². The highest BCUT2D eigenvalue weighted by Gasteiger charge is 2.09. The molecule has 1 aromatic rings. The Morgan fingerprint density at radius 2 is 2.14 bits per heavy atom. The minimum absolute atomic E-state index is 0.704. The molecule has 2 N–H and O–H groups in total. The molecule has 4 heteroatoms. The molecule has 80 valence electrons. The SMILES string of the molecule is CSCCn1nc(C)c(CCN)c1C. The Morgan fingerprint density at radius 3 is 2.71 bits per heavy atom. The number of aryl methyl sites for hydroxylation is 2. The normalized spacial score (nSPS) is 10.9. The van der Waals surface area contributed by atoms with Gasteiger partial charge in [0, 0.05) is 11.4 Å². The summed E-state index contributed by atoms with van der Waals surface area (Å²) in [7, 11) is 0. The van der Waals surface area contributed by atoms with Crippen LogP contribution < -0.4 is 5.73 Å². The van der Waals surface area contributed by atoms with Gasteiger partial charge in [-0.1, -0.05) is 0 Å². The van der Waals surface area contributed by atoms with Crippen LogP contribution in [0, 0.1) is 13.8 Å². The molecular formula is C10H19N3S. The van der Waals surface area contributed by atoms with Crippen molar-refractivity contribution in [3.05, 3.63) is 17.0 Å². The van der Waals surface area contributed by atoms with Gasteiger partial charge in [-0.25, -0.2) is 0 Å². The molecule has 0 spiro atoms. The van der Waals surface area contributed by atoms with E-state index in [2.05, 4.69) is 29.9 Å². The molecule has 0 unspecified atom stereocenters. The number of hydrogen-bond donors (Lipinski definition) is 1. The number of hydrogen-bond acceptors (Lipinski definition) is 3. The van der Waals surface area contributed by atoms with Crippen molar-refractivity contribution >= 4 is 11.8 Å². The zero-order valence-electron chi connectivity index (χ0n) is 9.21.